The van der Waals surface area contributed by atoms with Gasteiger partial charge in [0.2, 0.25) is 5.95 Å². The van der Waals surface area contributed by atoms with Gasteiger partial charge in [0.15, 0.2) is 0 Å². The highest BCUT2D eigenvalue weighted by Gasteiger charge is 2.22. The predicted octanol–water partition coefficient (Wildman–Crippen LogP) is 4.22. The SMILES string of the molecule is CCc1cccc(CC)c1Nc1ncc(C(=O)N2CCCC(C)C2)cn1. The highest BCUT2D eigenvalue weighted by molar-refractivity contribution is 5.93. The van der Waals surface area contributed by atoms with Gasteiger partial charge in [-0.3, -0.25) is 4.79 Å². The molecule has 0 saturated carbocycles. The first-order valence-corrected chi connectivity index (χ1v) is 9.61. The summed E-state index contributed by atoms with van der Waals surface area (Å²) in [7, 11) is 0. The van der Waals surface area contributed by atoms with Gasteiger partial charge in [-0.1, -0.05) is 39.0 Å². The molecule has 5 nitrogen and oxygen atoms in total. The fourth-order valence-electron chi connectivity index (χ4n) is 3.57. The minimum atomic E-state index is 0.0336. The highest BCUT2D eigenvalue weighted by Crippen LogP contribution is 2.25. The van der Waals surface area contributed by atoms with Crippen LogP contribution >= 0.6 is 0 Å². The van der Waals surface area contributed by atoms with Gasteiger partial charge in [-0.05, 0) is 42.7 Å². The first kappa shape index (κ1) is 18.4. The van der Waals surface area contributed by atoms with Crippen LogP contribution in [0.15, 0.2) is 30.6 Å². The normalized spacial score (nSPS) is 17.2. The Bertz CT molecular complexity index is 735. The molecule has 5 heteroatoms. The fourth-order valence-corrected chi connectivity index (χ4v) is 3.57. The second kappa shape index (κ2) is 8.30. The third kappa shape index (κ3) is 4.03. The number of nitrogens with one attached hydrogen (secondary N) is 1. The van der Waals surface area contributed by atoms with Crippen molar-refractivity contribution in [1.82, 2.24) is 14.9 Å². The first-order valence-electron chi connectivity index (χ1n) is 9.61. The van der Waals surface area contributed by atoms with Crippen molar-refractivity contribution in [2.24, 2.45) is 5.92 Å². The van der Waals surface area contributed by atoms with E-state index in [9.17, 15) is 4.79 Å². The molecule has 1 saturated heterocycles. The number of para-hydroxylation sites is 1. The maximum atomic E-state index is 12.6. The summed E-state index contributed by atoms with van der Waals surface area (Å²) in [6.07, 6.45) is 7.43. The van der Waals surface area contributed by atoms with E-state index in [1.807, 2.05) is 4.90 Å². The number of benzene rings is 1. The lowest BCUT2D eigenvalue weighted by Crippen LogP contribution is -2.39. The van der Waals surface area contributed by atoms with Crippen molar-refractivity contribution in [2.75, 3.05) is 18.4 Å². The largest absolute Gasteiger partial charge is 0.338 e. The quantitative estimate of drug-likeness (QED) is 0.875. The molecule has 1 N–H and O–H groups in total. The van der Waals surface area contributed by atoms with Crippen molar-refractivity contribution in [3.63, 3.8) is 0 Å². The average molecular weight is 352 g/mol. The lowest BCUT2D eigenvalue weighted by atomic mass is 10.00. The van der Waals surface area contributed by atoms with Crippen molar-refractivity contribution < 1.29 is 4.79 Å². The summed E-state index contributed by atoms with van der Waals surface area (Å²) >= 11 is 0. The Morgan fingerprint density at radius 1 is 1.19 bits per heavy atom. The van der Waals surface area contributed by atoms with Crippen molar-refractivity contribution in [3.05, 3.63) is 47.3 Å². The summed E-state index contributed by atoms with van der Waals surface area (Å²) in [4.78, 5) is 23.3. The molecule has 2 heterocycles. The monoisotopic (exact) mass is 352 g/mol. The molecule has 1 atom stereocenters. The number of amides is 1. The molecule has 3 rings (SSSR count). The van der Waals surface area contributed by atoms with Crippen LogP contribution in [-0.2, 0) is 12.8 Å². The molecular formula is C21H28N4O. The molecule has 1 aliphatic rings. The topological polar surface area (TPSA) is 58.1 Å². The summed E-state index contributed by atoms with van der Waals surface area (Å²) in [5.41, 5.74) is 4.14. The van der Waals surface area contributed by atoms with E-state index in [4.69, 9.17) is 0 Å². The van der Waals surface area contributed by atoms with Crippen LogP contribution in [0.1, 0.15) is 55.1 Å². The predicted molar refractivity (Wildman–Crippen MR) is 105 cm³/mol. The van der Waals surface area contributed by atoms with Gasteiger partial charge in [-0.25, -0.2) is 9.97 Å². The Hall–Kier alpha value is -2.43. The smallest absolute Gasteiger partial charge is 0.257 e. The third-order valence-electron chi connectivity index (χ3n) is 5.08. The van der Waals surface area contributed by atoms with Gasteiger partial charge in [0.1, 0.15) is 0 Å². The number of hydrogen-bond donors (Lipinski definition) is 1. The Balaban J connectivity index is 1.75. The number of carbonyl (C=O) groups is 1. The number of nitrogens with zero attached hydrogens (tertiary/aromatic N) is 3. The van der Waals surface area contributed by atoms with Crippen molar-refractivity contribution >= 4 is 17.5 Å². The van der Waals surface area contributed by atoms with Crippen molar-refractivity contribution in [2.45, 2.75) is 46.5 Å². The van der Waals surface area contributed by atoms with Gasteiger partial charge in [0, 0.05) is 31.2 Å². The van der Waals surface area contributed by atoms with Crippen LogP contribution < -0.4 is 5.32 Å². The van der Waals surface area contributed by atoms with E-state index >= 15 is 0 Å². The maximum Gasteiger partial charge on any atom is 0.257 e. The Morgan fingerprint density at radius 2 is 1.85 bits per heavy atom. The van der Waals surface area contributed by atoms with E-state index in [2.05, 4.69) is 54.3 Å². The summed E-state index contributed by atoms with van der Waals surface area (Å²) in [5, 5.41) is 3.35. The molecule has 2 aromatic rings. The molecule has 1 unspecified atom stereocenters. The zero-order chi connectivity index (χ0) is 18.5. The molecule has 0 radical (unpaired) electrons. The van der Waals surface area contributed by atoms with Crippen molar-refractivity contribution in [1.29, 1.82) is 0 Å². The fraction of sp³-hybridized carbons (Fsp3) is 0.476. The van der Waals surface area contributed by atoms with Crippen LogP contribution in [0.2, 0.25) is 0 Å². The molecule has 1 aliphatic heterocycles. The number of likely N-dealkylation sites (tertiary alicyclic amines) is 1. The van der Waals surface area contributed by atoms with Crippen LogP contribution in [0.25, 0.3) is 0 Å². The van der Waals surface area contributed by atoms with Crippen LogP contribution in [0.5, 0.6) is 0 Å². The van der Waals surface area contributed by atoms with Gasteiger partial charge < -0.3 is 10.2 Å². The number of piperidine rings is 1. The number of aromatic nitrogens is 2. The third-order valence-corrected chi connectivity index (χ3v) is 5.08. The van der Waals surface area contributed by atoms with Crippen LogP contribution in [0.3, 0.4) is 0 Å². The second-order valence-electron chi connectivity index (χ2n) is 7.08. The first-order chi connectivity index (χ1) is 12.6. The molecule has 1 aromatic heterocycles. The van der Waals surface area contributed by atoms with Gasteiger partial charge in [-0.15, -0.1) is 0 Å². The standard InChI is InChI=1S/C21H28N4O/c1-4-16-9-6-10-17(5-2)19(16)24-21-22-12-18(13-23-21)20(26)25-11-7-8-15(3)14-25/h6,9-10,12-13,15H,4-5,7-8,11,14H2,1-3H3,(H,22,23,24). The number of hydrogen-bond acceptors (Lipinski definition) is 4. The zero-order valence-electron chi connectivity index (χ0n) is 16.0. The molecule has 0 spiro atoms. The van der Waals surface area contributed by atoms with Crippen LogP contribution in [-0.4, -0.2) is 33.9 Å². The van der Waals surface area contributed by atoms with Crippen LogP contribution in [0, 0.1) is 5.92 Å². The molecule has 1 aromatic carbocycles. The second-order valence-corrected chi connectivity index (χ2v) is 7.08. The van der Waals surface area contributed by atoms with Gasteiger partial charge >= 0.3 is 0 Å². The van der Waals surface area contributed by atoms with Gasteiger partial charge in [0.05, 0.1) is 5.56 Å². The van der Waals surface area contributed by atoms with E-state index in [0.717, 1.165) is 38.0 Å². The van der Waals surface area contributed by atoms with E-state index in [0.29, 0.717) is 17.4 Å². The molecule has 138 valence electrons. The maximum absolute atomic E-state index is 12.6. The molecular weight excluding hydrogens is 324 g/mol. The summed E-state index contributed by atoms with van der Waals surface area (Å²) < 4.78 is 0. The van der Waals surface area contributed by atoms with E-state index in [1.54, 1.807) is 12.4 Å². The van der Waals surface area contributed by atoms with E-state index in [-0.39, 0.29) is 5.91 Å². The lowest BCUT2D eigenvalue weighted by molar-refractivity contribution is 0.0682. The molecule has 0 aliphatic carbocycles. The lowest BCUT2D eigenvalue weighted by Gasteiger charge is -2.30. The van der Waals surface area contributed by atoms with E-state index in [1.165, 1.54) is 17.5 Å². The summed E-state index contributed by atoms with van der Waals surface area (Å²) in [6, 6.07) is 6.33. The van der Waals surface area contributed by atoms with E-state index < -0.39 is 0 Å². The molecule has 26 heavy (non-hydrogen) atoms. The van der Waals surface area contributed by atoms with Gasteiger partial charge in [-0.2, -0.15) is 0 Å². The summed E-state index contributed by atoms with van der Waals surface area (Å²) in [6.45, 7) is 8.12. The zero-order valence-corrected chi connectivity index (χ0v) is 16.0. The van der Waals surface area contributed by atoms with Crippen molar-refractivity contribution in [3.8, 4) is 0 Å². The number of aryl methyl sites for hydroxylation is 2. The van der Waals surface area contributed by atoms with Gasteiger partial charge in [0.25, 0.3) is 5.91 Å². The molecule has 1 amide bonds. The molecule has 0 bridgehead atoms. The minimum absolute atomic E-state index is 0.0336. The highest BCUT2D eigenvalue weighted by atomic mass is 16.2. The van der Waals surface area contributed by atoms with Crippen LogP contribution in [0.4, 0.5) is 11.6 Å². The Kier molecular flexibility index (Phi) is 5.86. The number of anilines is 2. The average Bonchev–Trinajstić information content (AvgIpc) is 2.68. The Labute approximate surface area is 155 Å². The summed E-state index contributed by atoms with van der Waals surface area (Å²) in [5.74, 6) is 1.13. The Morgan fingerprint density at radius 3 is 2.42 bits per heavy atom. The number of carbonyl (C=O) groups excluding carboxylic acids is 1. The minimum Gasteiger partial charge on any atom is -0.338 e. The molecule has 1 fully saturated rings. The number of rotatable bonds is 5.